The smallest absolute Gasteiger partial charge is 0.257 e. The second-order valence-electron chi connectivity index (χ2n) is 5.80. The molecule has 1 aliphatic rings. The lowest BCUT2D eigenvalue weighted by atomic mass is 10.3. The molecule has 1 amide bonds. The number of hydrogen-bond donors (Lipinski definition) is 1. The number of likely N-dealkylation sites (tertiary alicyclic amines) is 1. The molecule has 1 aliphatic heterocycles. The van der Waals surface area contributed by atoms with Crippen LogP contribution in [0.15, 0.2) is 24.3 Å². The molecule has 0 unspecified atom stereocenters. The lowest BCUT2D eigenvalue weighted by molar-refractivity contribution is -0.123. The minimum Gasteiger partial charge on any atom is -0.494 e. The third-order valence-corrected chi connectivity index (χ3v) is 3.93. The van der Waals surface area contributed by atoms with E-state index in [0.717, 1.165) is 31.7 Å². The maximum atomic E-state index is 11.7. The summed E-state index contributed by atoms with van der Waals surface area (Å²) in [7, 11) is 0. The minimum atomic E-state index is -0.0694. The van der Waals surface area contributed by atoms with Crippen LogP contribution in [0.3, 0.4) is 0 Å². The zero-order valence-corrected chi connectivity index (χ0v) is 14.1. The first-order valence-corrected chi connectivity index (χ1v) is 8.62. The molecular weight excluding hydrogens is 292 g/mol. The van der Waals surface area contributed by atoms with Crippen LogP contribution in [0.1, 0.15) is 32.6 Å². The summed E-state index contributed by atoms with van der Waals surface area (Å²) in [5, 5.41) is 2.90. The Morgan fingerprint density at radius 2 is 1.74 bits per heavy atom. The quantitative estimate of drug-likeness (QED) is 0.673. The second kappa shape index (κ2) is 10.1. The van der Waals surface area contributed by atoms with Gasteiger partial charge in [0.05, 0.1) is 6.61 Å². The van der Waals surface area contributed by atoms with Crippen molar-refractivity contribution in [3.8, 4) is 11.5 Å². The van der Waals surface area contributed by atoms with Crippen LogP contribution in [0.25, 0.3) is 0 Å². The predicted molar refractivity (Wildman–Crippen MR) is 91.0 cm³/mol. The summed E-state index contributed by atoms with van der Waals surface area (Å²) in [4.78, 5) is 14.2. The molecule has 0 spiro atoms. The normalized spacial score (nSPS) is 14.7. The van der Waals surface area contributed by atoms with Gasteiger partial charge in [0.1, 0.15) is 11.5 Å². The summed E-state index contributed by atoms with van der Waals surface area (Å²) in [6, 6.07) is 7.31. The molecule has 1 aromatic carbocycles. The molecular formula is C18H28N2O3. The van der Waals surface area contributed by atoms with Crippen LogP contribution in [0.5, 0.6) is 11.5 Å². The highest BCUT2D eigenvalue weighted by Crippen LogP contribution is 2.17. The zero-order chi connectivity index (χ0) is 16.3. The predicted octanol–water partition coefficient (Wildman–Crippen LogP) is 2.46. The lowest BCUT2D eigenvalue weighted by Crippen LogP contribution is -2.30. The number of benzene rings is 1. The van der Waals surface area contributed by atoms with Gasteiger partial charge in [-0.3, -0.25) is 4.79 Å². The molecule has 2 rings (SSSR count). The largest absolute Gasteiger partial charge is 0.494 e. The number of amides is 1. The van der Waals surface area contributed by atoms with Gasteiger partial charge in [-0.2, -0.15) is 0 Å². The molecule has 1 fully saturated rings. The number of ether oxygens (including phenoxy) is 2. The zero-order valence-electron chi connectivity index (χ0n) is 14.1. The van der Waals surface area contributed by atoms with E-state index in [2.05, 4.69) is 10.2 Å². The van der Waals surface area contributed by atoms with Crippen LogP contribution in [0, 0.1) is 0 Å². The summed E-state index contributed by atoms with van der Waals surface area (Å²) in [5.41, 5.74) is 0. The van der Waals surface area contributed by atoms with Crippen LogP contribution in [0.2, 0.25) is 0 Å². The first-order chi connectivity index (χ1) is 11.3. The van der Waals surface area contributed by atoms with E-state index in [4.69, 9.17) is 9.47 Å². The number of carbonyl (C=O) groups excluding carboxylic acids is 1. The standard InChI is InChI=1S/C18H28N2O3/c1-2-22-16-7-9-17(10-8-16)23-15-18(21)19-11-3-4-12-20-13-5-6-14-20/h7-10H,2-6,11-15H2,1H3,(H,19,21). The molecule has 0 aliphatic carbocycles. The van der Waals surface area contributed by atoms with E-state index in [-0.39, 0.29) is 12.5 Å². The van der Waals surface area contributed by atoms with Crippen molar-refractivity contribution in [1.82, 2.24) is 10.2 Å². The Labute approximate surface area is 139 Å². The fraction of sp³-hybridized carbons (Fsp3) is 0.611. The molecule has 128 valence electrons. The summed E-state index contributed by atoms with van der Waals surface area (Å²) in [6.07, 6.45) is 4.82. The highest BCUT2D eigenvalue weighted by molar-refractivity contribution is 5.77. The van der Waals surface area contributed by atoms with Crippen molar-refractivity contribution in [1.29, 1.82) is 0 Å². The molecule has 0 aromatic heterocycles. The van der Waals surface area contributed by atoms with Crippen LogP contribution in [-0.4, -0.2) is 50.2 Å². The Morgan fingerprint density at radius 1 is 1.09 bits per heavy atom. The highest BCUT2D eigenvalue weighted by atomic mass is 16.5. The van der Waals surface area contributed by atoms with Crippen molar-refractivity contribution in [2.75, 3.05) is 39.4 Å². The third kappa shape index (κ3) is 6.91. The van der Waals surface area contributed by atoms with Gasteiger partial charge in [-0.15, -0.1) is 0 Å². The Hall–Kier alpha value is -1.75. The topological polar surface area (TPSA) is 50.8 Å². The van der Waals surface area contributed by atoms with Crippen LogP contribution in [0.4, 0.5) is 0 Å². The maximum Gasteiger partial charge on any atom is 0.257 e. The molecule has 1 saturated heterocycles. The number of nitrogens with one attached hydrogen (secondary N) is 1. The van der Waals surface area contributed by atoms with Gasteiger partial charge in [-0.05, 0) is 76.5 Å². The van der Waals surface area contributed by atoms with Crippen molar-refractivity contribution >= 4 is 5.91 Å². The molecule has 5 nitrogen and oxygen atoms in total. The van der Waals surface area contributed by atoms with Crippen molar-refractivity contribution in [3.63, 3.8) is 0 Å². The van der Waals surface area contributed by atoms with Crippen LogP contribution >= 0.6 is 0 Å². The Morgan fingerprint density at radius 3 is 2.39 bits per heavy atom. The summed E-state index contributed by atoms with van der Waals surface area (Å²) < 4.78 is 10.8. The van der Waals surface area contributed by atoms with E-state index < -0.39 is 0 Å². The Balaban J connectivity index is 1.52. The summed E-state index contributed by atoms with van der Waals surface area (Å²) >= 11 is 0. The SMILES string of the molecule is CCOc1ccc(OCC(=O)NCCCCN2CCCC2)cc1. The van der Waals surface area contributed by atoms with Crippen LogP contribution < -0.4 is 14.8 Å². The average molecular weight is 320 g/mol. The maximum absolute atomic E-state index is 11.7. The van der Waals surface area contributed by atoms with Gasteiger partial charge in [0.15, 0.2) is 6.61 Å². The van der Waals surface area contributed by atoms with Gasteiger partial charge in [0.2, 0.25) is 0 Å². The molecule has 0 atom stereocenters. The monoisotopic (exact) mass is 320 g/mol. The fourth-order valence-corrected chi connectivity index (χ4v) is 2.69. The van der Waals surface area contributed by atoms with Crippen LogP contribution in [-0.2, 0) is 4.79 Å². The molecule has 0 radical (unpaired) electrons. The van der Waals surface area contributed by atoms with E-state index in [1.165, 1.54) is 25.9 Å². The molecule has 23 heavy (non-hydrogen) atoms. The van der Waals surface area contributed by atoms with E-state index in [1.807, 2.05) is 31.2 Å². The number of unbranched alkanes of at least 4 members (excludes halogenated alkanes) is 1. The van der Waals surface area contributed by atoms with Gasteiger partial charge in [-0.1, -0.05) is 0 Å². The van der Waals surface area contributed by atoms with Crippen molar-refractivity contribution in [2.24, 2.45) is 0 Å². The minimum absolute atomic E-state index is 0.0557. The summed E-state index contributed by atoms with van der Waals surface area (Å²) in [5.74, 6) is 1.42. The number of rotatable bonds is 10. The van der Waals surface area contributed by atoms with Crippen molar-refractivity contribution in [2.45, 2.75) is 32.6 Å². The van der Waals surface area contributed by atoms with Gasteiger partial charge in [0.25, 0.3) is 5.91 Å². The highest BCUT2D eigenvalue weighted by Gasteiger charge is 2.10. The van der Waals surface area contributed by atoms with E-state index in [1.54, 1.807) is 0 Å². The van der Waals surface area contributed by atoms with E-state index in [0.29, 0.717) is 12.4 Å². The number of carbonyl (C=O) groups is 1. The number of hydrogen-bond acceptors (Lipinski definition) is 4. The lowest BCUT2D eigenvalue weighted by Gasteiger charge is -2.14. The van der Waals surface area contributed by atoms with E-state index >= 15 is 0 Å². The first kappa shape index (κ1) is 17.6. The van der Waals surface area contributed by atoms with Crippen molar-refractivity contribution in [3.05, 3.63) is 24.3 Å². The molecule has 1 aromatic rings. The molecule has 0 saturated carbocycles. The molecule has 1 heterocycles. The Bertz CT molecular complexity index is 456. The first-order valence-electron chi connectivity index (χ1n) is 8.62. The van der Waals surface area contributed by atoms with Gasteiger partial charge < -0.3 is 19.7 Å². The average Bonchev–Trinajstić information content (AvgIpc) is 3.07. The van der Waals surface area contributed by atoms with Gasteiger partial charge in [0, 0.05) is 6.54 Å². The van der Waals surface area contributed by atoms with Crippen molar-refractivity contribution < 1.29 is 14.3 Å². The molecule has 0 bridgehead atoms. The second-order valence-corrected chi connectivity index (χ2v) is 5.80. The van der Waals surface area contributed by atoms with E-state index in [9.17, 15) is 4.79 Å². The molecule has 5 heteroatoms. The Kier molecular flexibility index (Phi) is 7.73. The summed E-state index contributed by atoms with van der Waals surface area (Å²) in [6.45, 7) is 6.99. The third-order valence-electron chi connectivity index (χ3n) is 3.93. The molecule has 1 N–H and O–H groups in total. The number of nitrogens with zero attached hydrogens (tertiary/aromatic N) is 1. The fourth-order valence-electron chi connectivity index (χ4n) is 2.69. The van der Waals surface area contributed by atoms with Gasteiger partial charge in [-0.25, -0.2) is 0 Å². The van der Waals surface area contributed by atoms with Gasteiger partial charge >= 0.3 is 0 Å².